The summed E-state index contributed by atoms with van der Waals surface area (Å²) in [4.78, 5) is 1.69. The average molecular weight is 192 g/mol. The van der Waals surface area contributed by atoms with Crippen LogP contribution in [0.4, 0.5) is 8.78 Å². The fraction of sp³-hybridized carbons (Fsp3) is 1.00. The van der Waals surface area contributed by atoms with E-state index in [4.69, 9.17) is 0 Å². The summed E-state index contributed by atoms with van der Waals surface area (Å²) in [6, 6.07) is -0.659. The lowest BCUT2D eigenvalue weighted by atomic mass is 9.91. The highest BCUT2D eigenvalue weighted by atomic mass is 19.3. The van der Waals surface area contributed by atoms with Crippen LogP contribution in [-0.2, 0) is 0 Å². The van der Waals surface area contributed by atoms with Crippen molar-refractivity contribution in [3.05, 3.63) is 0 Å². The Morgan fingerprint density at radius 2 is 2.15 bits per heavy atom. The number of nitrogens with zero attached hydrogens (tertiary/aromatic N) is 1. The number of hydrogen-bond acceptors (Lipinski definition) is 2. The maximum atomic E-state index is 13.5. The molecule has 1 heterocycles. The molecule has 2 unspecified atom stereocenters. The Bertz CT molecular complexity index is 173. The van der Waals surface area contributed by atoms with Crippen LogP contribution in [0, 0.1) is 5.92 Å². The first kappa shape index (κ1) is 10.9. The number of likely N-dealkylation sites (tertiary alicyclic amines) is 1. The molecule has 0 aromatic rings. The highest BCUT2D eigenvalue weighted by Gasteiger charge is 2.46. The molecule has 1 aliphatic heterocycles. The van der Waals surface area contributed by atoms with E-state index in [1.165, 1.54) is 0 Å². The van der Waals surface area contributed by atoms with E-state index < -0.39 is 12.0 Å². The molecule has 0 aromatic carbocycles. The molecule has 0 bridgehead atoms. The SMILES string of the molecule is CCNC1C(C)CN(C)CC1(F)F. The fourth-order valence-electron chi connectivity index (χ4n) is 2.11. The average Bonchev–Trinajstić information content (AvgIpc) is 1.95. The smallest absolute Gasteiger partial charge is 0.275 e. The molecule has 13 heavy (non-hydrogen) atoms. The molecule has 0 aliphatic carbocycles. The second-order valence-corrected chi connectivity index (χ2v) is 3.97. The van der Waals surface area contributed by atoms with Gasteiger partial charge in [0.25, 0.3) is 5.92 Å². The molecule has 1 aliphatic rings. The number of halogens is 2. The van der Waals surface area contributed by atoms with Crippen LogP contribution in [0.2, 0.25) is 0 Å². The molecule has 1 rings (SSSR count). The van der Waals surface area contributed by atoms with Crippen molar-refractivity contribution in [1.29, 1.82) is 0 Å². The van der Waals surface area contributed by atoms with Gasteiger partial charge in [-0.25, -0.2) is 8.78 Å². The Labute approximate surface area is 78.3 Å². The molecular weight excluding hydrogens is 174 g/mol. The van der Waals surface area contributed by atoms with Gasteiger partial charge in [-0.15, -0.1) is 0 Å². The van der Waals surface area contributed by atoms with Gasteiger partial charge in [-0.3, -0.25) is 0 Å². The lowest BCUT2D eigenvalue weighted by Gasteiger charge is -2.41. The molecule has 0 saturated carbocycles. The molecule has 1 fully saturated rings. The standard InChI is InChI=1S/C9H18F2N2/c1-4-12-8-7(2)5-13(3)6-9(8,10)11/h7-8,12H,4-6H2,1-3H3. The normalized spacial score (nSPS) is 34.8. The lowest BCUT2D eigenvalue weighted by Crippen LogP contribution is -2.60. The van der Waals surface area contributed by atoms with Crippen LogP contribution in [0.25, 0.3) is 0 Å². The van der Waals surface area contributed by atoms with E-state index in [1.807, 2.05) is 13.8 Å². The van der Waals surface area contributed by atoms with E-state index in [1.54, 1.807) is 11.9 Å². The van der Waals surface area contributed by atoms with Crippen LogP contribution in [0.5, 0.6) is 0 Å². The fourth-order valence-corrected chi connectivity index (χ4v) is 2.11. The van der Waals surface area contributed by atoms with Gasteiger partial charge in [0.1, 0.15) is 0 Å². The number of rotatable bonds is 2. The maximum absolute atomic E-state index is 13.5. The predicted octanol–water partition coefficient (Wildman–Crippen LogP) is 1.18. The molecule has 0 aromatic heterocycles. The van der Waals surface area contributed by atoms with E-state index in [9.17, 15) is 8.78 Å². The summed E-state index contributed by atoms with van der Waals surface area (Å²) in [5.74, 6) is -2.59. The van der Waals surface area contributed by atoms with Crippen molar-refractivity contribution in [2.24, 2.45) is 5.92 Å². The second kappa shape index (κ2) is 3.88. The highest BCUT2D eigenvalue weighted by Crippen LogP contribution is 2.29. The van der Waals surface area contributed by atoms with E-state index in [0.717, 1.165) is 6.54 Å². The van der Waals surface area contributed by atoms with Crippen LogP contribution < -0.4 is 5.32 Å². The zero-order chi connectivity index (χ0) is 10.1. The second-order valence-electron chi connectivity index (χ2n) is 3.97. The van der Waals surface area contributed by atoms with Crippen LogP contribution >= 0.6 is 0 Å². The van der Waals surface area contributed by atoms with Crippen molar-refractivity contribution in [1.82, 2.24) is 10.2 Å². The molecule has 0 radical (unpaired) electrons. The highest BCUT2D eigenvalue weighted by molar-refractivity contribution is 4.94. The van der Waals surface area contributed by atoms with Crippen LogP contribution in [0.3, 0.4) is 0 Å². The Morgan fingerprint density at radius 3 is 2.62 bits per heavy atom. The first-order valence-corrected chi connectivity index (χ1v) is 4.77. The van der Waals surface area contributed by atoms with Crippen molar-refractivity contribution in [3.8, 4) is 0 Å². The van der Waals surface area contributed by atoms with Crippen LogP contribution in [-0.4, -0.2) is 43.5 Å². The van der Waals surface area contributed by atoms with E-state index in [0.29, 0.717) is 6.54 Å². The van der Waals surface area contributed by atoms with Crippen molar-refractivity contribution < 1.29 is 8.78 Å². The van der Waals surface area contributed by atoms with Gasteiger partial charge in [-0.2, -0.15) is 0 Å². The van der Waals surface area contributed by atoms with Gasteiger partial charge in [0, 0.05) is 6.54 Å². The summed E-state index contributed by atoms with van der Waals surface area (Å²) in [7, 11) is 1.74. The Hall–Kier alpha value is -0.220. The largest absolute Gasteiger partial charge is 0.309 e. The van der Waals surface area contributed by atoms with E-state index >= 15 is 0 Å². The lowest BCUT2D eigenvalue weighted by molar-refractivity contribution is -0.103. The molecule has 4 heteroatoms. The summed E-state index contributed by atoms with van der Waals surface area (Å²) < 4.78 is 26.9. The van der Waals surface area contributed by atoms with Crippen molar-refractivity contribution >= 4 is 0 Å². The number of piperidine rings is 1. The predicted molar refractivity (Wildman–Crippen MR) is 49.1 cm³/mol. The van der Waals surface area contributed by atoms with Crippen LogP contribution in [0.1, 0.15) is 13.8 Å². The number of alkyl halides is 2. The quantitative estimate of drug-likeness (QED) is 0.706. The summed E-state index contributed by atoms with van der Waals surface area (Å²) in [5, 5.41) is 2.87. The molecule has 78 valence electrons. The maximum Gasteiger partial charge on any atom is 0.275 e. The minimum atomic E-state index is -2.59. The topological polar surface area (TPSA) is 15.3 Å². The van der Waals surface area contributed by atoms with Gasteiger partial charge in [0.05, 0.1) is 12.6 Å². The minimum Gasteiger partial charge on any atom is -0.309 e. The monoisotopic (exact) mass is 192 g/mol. The van der Waals surface area contributed by atoms with Gasteiger partial charge in [-0.05, 0) is 19.5 Å². The first-order chi connectivity index (χ1) is 5.97. The summed E-state index contributed by atoms with van der Waals surface area (Å²) in [6.45, 7) is 4.95. The molecule has 1 N–H and O–H groups in total. The molecular formula is C9H18F2N2. The van der Waals surface area contributed by atoms with Gasteiger partial charge >= 0.3 is 0 Å². The van der Waals surface area contributed by atoms with Gasteiger partial charge in [0.15, 0.2) is 0 Å². The van der Waals surface area contributed by atoms with Crippen molar-refractivity contribution in [2.75, 3.05) is 26.7 Å². The Kier molecular flexibility index (Phi) is 3.24. The third-order valence-corrected chi connectivity index (χ3v) is 2.53. The molecule has 0 amide bonds. The van der Waals surface area contributed by atoms with Crippen molar-refractivity contribution in [3.63, 3.8) is 0 Å². The Balaban J connectivity index is 2.67. The number of hydrogen-bond donors (Lipinski definition) is 1. The molecule has 0 spiro atoms. The van der Waals surface area contributed by atoms with Gasteiger partial charge in [-0.1, -0.05) is 13.8 Å². The third-order valence-electron chi connectivity index (χ3n) is 2.53. The first-order valence-electron chi connectivity index (χ1n) is 4.77. The zero-order valence-electron chi connectivity index (χ0n) is 8.48. The molecule has 1 saturated heterocycles. The summed E-state index contributed by atoms with van der Waals surface area (Å²) >= 11 is 0. The molecule has 2 atom stereocenters. The third kappa shape index (κ3) is 2.38. The van der Waals surface area contributed by atoms with Crippen molar-refractivity contribution in [2.45, 2.75) is 25.8 Å². The Morgan fingerprint density at radius 1 is 1.54 bits per heavy atom. The summed E-state index contributed by atoms with van der Waals surface area (Å²) in [5.41, 5.74) is 0. The van der Waals surface area contributed by atoms with Crippen LogP contribution in [0.15, 0.2) is 0 Å². The number of nitrogens with one attached hydrogen (secondary N) is 1. The molecule has 2 nitrogen and oxygen atoms in total. The van der Waals surface area contributed by atoms with Gasteiger partial charge < -0.3 is 10.2 Å². The summed E-state index contributed by atoms with van der Waals surface area (Å²) in [6.07, 6.45) is 0. The van der Waals surface area contributed by atoms with E-state index in [-0.39, 0.29) is 12.5 Å². The zero-order valence-corrected chi connectivity index (χ0v) is 8.48. The minimum absolute atomic E-state index is 0.00806. The van der Waals surface area contributed by atoms with E-state index in [2.05, 4.69) is 5.32 Å². The van der Waals surface area contributed by atoms with Gasteiger partial charge in [0.2, 0.25) is 0 Å².